The smallest absolute Gasteiger partial charge is 0.328 e. The molecule has 1 rings (SSSR count). The van der Waals surface area contributed by atoms with Crippen molar-refractivity contribution >= 4 is 17.7 Å². The molecule has 0 heterocycles. The Hall–Kier alpha value is -2.08. The molecule has 1 atom stereocenters. The van der Waals surface area contributed by atoms with Crippen molar-refractivity contribution < 1.29 is 19.8 Å². The number of aliphatic carboxylic acids is 1. The largest absolute Gasteiger partial charge is 0.480 e. The van der Waals surface area contributed by atoms with E-state index in [-0.39, 0.29) is 0 Å². The molecule has 0 aromatic heterocycles. The van der Waals surface area contributed by atoms with Crippen molar-refractivity contribution in [2.24, 2.45) is 0 Å². The van der Waals surface area contributed by atoms with Crippen LogP contribution in [-0.2, 0) is 4.79 Å². The Balaban J connectivity index is 2.82. The molecule has 0 bridgehead atoms. The average Bonchev–Trinajstić information content (AvgIpc) is 2.46. The SMILES string of the molecule is CCCCN(C(=O)N[C@@H](CO)C(=O)O)c1ccccc1. The van der Waals surface area contributed by atoms with Gasteiger partial charge in [0.05, 0.1) is 6.61 Å². The lowest BCUT2D eigenvalue weighted by molar-refractivity contribution is -0.140. The normalized spacial score (nSPS) is 11.7. The van der Waals surface area contributed by atoms with E-state index in [1.807, 2.05) is 25.1 Å². The second-order valence-corrected chi connectivity index (χ2v) is 4.36. The Labute approximate surface area is 118 Å². The van der Waals surface area contributed by atoms with Gasteiger partial charge in [0.2, 0.25) is 0 Å². The fourth-order valence-corrected chi connectivity index (χ4v) is 1.68. The predicted molar refractivity (Wildman–Crippen MR) is 75.7 cm³/mol. The minimum atomic E-state index is -1.30. The summed E-state index contributed by atoms with van der Waals surface area (Å²) in [6, 6.07) is 7.20. The van der Waals surface area contributed by atoms with Crippen LogP contribution >= 0.6 is 0 Å². The van der Waals surface area contributed by atoms with Crippen LogP contribution in [0.1, 0.15) is 19.8 Å². The van der Waals surface area contributed by atoms with E-state index >= 15 is 0 Å². The van der Waals surface area contributed by atoms with Gasteiger partial charge in [-0.3, -0.25) is 4.90 Å². The van der Waals surface area contributed by atoms with Gasteiger partial charge in [-0.1, -0.05) is 31.5 Å². The van der Waals surface area contributed by atoms with Crippen LogP contribution in [-0.4, -0.2) is 41.4 Å². The minimum absolute atomic E-state index is 0.490. The molecule has 2 amide bonds. The highest BCUT2D eigenvalue weighted by Gasteiger charge is 2.22. The zero-order valence-electron chi connectivity index (χ0n) is 11.5. The lowest BCUT2D eigenvalue weighted by atomic mass is 10.2. The van der Waals surface area contributed by atoms with Crippen molar-refractivity contribution in [3.8, 4) is 0 Å². The number of nitrogens with one attached hydrogen (secondary N) is 1. The molecule has 3 N–H and O–H groups in total. The van der Waals surface area contributed by atoms with Gasteiger partial charge in [-0.05, 0) is 18.6 Å². The van der Waals surface area contributed by atoms with Crippen molar-refractivity contribution in [3.63, 3.8) is 0 Å². The van der Waals surface area contributed by atoms with Gasteiger partial charge in [-0.2, -0.15) is 0 Å². The van der Waals surface area contributed by atoms with Gasteiger partial charge in [0.1, 0.15) is 0 Å². The van der Waals surface area contributed by atoms with Crippen LogP contribution in [0.15, 0.2) is 30.3 Å². The topological polar surface area (TPSA) is 89.9 Å². The Bertz CT molecular complexity index is 436. The second kappa shape index (κ2) is 8.16. The number of carbonyl (C=O) groups is 2. The maximum absolute atomic E-state index is 12.2. The quantitative estimate of drug-likeness (QED) is 0.705. The number of para-hydroxylation sites is 1. The molecule has 0 spiro atoms. The van der Waals surface area contributed by atoms with Gasteiger partial charge >= 0.3 is 12.0 Å². The van der Waals surface area contributed by atoms with Crippen LogP contribution in [0.2, 0.25) is 0 Å². The van der Waals surface area contributed by atoms with Crippen LogP contribution in [0.5, 0.6) is 0 Å². The standard InChI is InChI=1S/C14H20N2O4/c1-2-3-9-16(11-7-5-4-6-8-11)14(20)15-12(10-17)13(18)19/h4-8,12,17H,2-3,9-10H2,1H3,(H,15,20)(H,18,19)/t12-/m0/s1. The summed E-state index contributed by atoms with van der Waals surface area (Å²) in [5.74, 6) is -1.26. The third-order valence-corrected chi connectivity index (χ3v) is 2.83. The van der Waals surface area contributed by atoms with Crippen molar-refractivity contribution in [2.75, 3.05) is 18.1 Å². The summed E-state index contributed by atoms with van der Waals surface area (Å²) in [6.45, 7) is 1.86. The fourth-order valence-electron chi connectivity index (χ4n) is 1.68. The molecule has 1 aromatic carbocycles. The fraction of sp³-hybridized carbons (Fsp3) is 0.429. The maximum atomic E-state index is 12.2. The summed E-state index contributed by atoms with van der Waals surface area (Å²) < 4.78 is 0. The van der Waals surface area contributed by atoms with E-state index in [1.165, 1.54) is 4.90 Å². The number of hydrogen-bond donors (Lipinski definition) is 3. The highest BCUT2D eigenvalue weighted by molar-refractivity contribution is 5.94. The molecule has 6 nitrogen and oxygen atoms in total. The Morgan fingerprint density at radius 3 is 2.45 bits per heavy atom. The molecule has 0 fully saturated rings. The lowest BCUT2D eigenvalue weighted by Gasteiger charge is -2.24. The van der Waals surface area contributed by atoms with E-state index in [4.69, 9.17) is 10.2 Å². The van der Waals surface area contributed by atoms with E-state index in [0.717, 1.165) is 12.8 Å². The molecule has 0 aliphatic carbocycles. The summed E-state index contributed by atoms with van der Waals surface area (Å²) in [5.41, 5.74) is 0.695. The molecule has 0 aliphatic heterocycles. The van der Waals surface area contributed by atoms with E-state index in [9.17, 15) is 9.59 Å². The summed E-state index contributed by atoms with van der Waals surface area (Å²) in [4.78, 5) is 24.5. The number of anilines is 1. The molecule has 110 valence electrons. The van der Waals surface area contributed by atoms with Crippen LogP contribution in [0, 0.1) is 0 Å². The summed E-state index contributed by atoms with van der Waals surface area (Å²) in [7, 11) is 0. The first-order chi connectivity index (χ1) is 9.60. The number of aliphatic hydroxyl groups is 1. The molecule has 0 radical (unpaired) electrons. The van der Waals surface area contributed by atoms with Gasteiger partial charge in [-0.15, -0.1) is 0 Å². The summed E-state index contributed by atoms with van der Waals surface area (Å²) >= 11 is 0. The predicted octanol–water partition coefficient (Wildman–Crippen LogP) is 1.45. The molecule has 0 aliphatic rings. The molecular formula is C14H20N2O4. The summed E-state index contributed by atoms with van der Waals surface area (Å²) in [5, 5.41) is 20.1. The third kappa shape index (κ3) is 4.55. The Kier molecular flexibility index (Phi) is 6.52. The number of urea groups is 1. The minimum Gasteiger partial charge on any atom is -0.480 e. The van der Waals surface area contributed by atoms with Crippen LogP contribution in [0.25, 0.3) is 0 Å². The third-order valence-electron chi connectivity index (χ3n) is 2.83. The van der Waals surface area contributed by atoms with Gasteiger partial charge < -0.3 is 15.5 Å². The number of amides is 2. The molecule has 0 unspecified atom stereocenters. The van der Waals surface area contributed by atoms with E-state index in [2.05, 4.69) is 5.32 Å². The highest BCUT2D eigenvalue weighted by Crippen LogP contribution is 2.14. The number of nitrogens with zero attached hydrogens (tertiary/aromatic N) is 1. The number of hydrogen-bond acceptors (Lipinski definition) is 3. The number of carbonyl (C=O) groups excluding carboxylic acids is 1. The lowest BCUT2D eigenvalue weighted by Crippen LogP contribution is -2.50. The van der Waals surface area contributed by atoms with Crippen LogP contribution < -0.4 is 10.2 Å². The molecule has 20 heavy (non-hydrogen) atoms. The van der Waals surface area contributed by atoms with Gasteiger partial charge in [0.15, 0.2) is 6.04 Å². The first-order valence-electron chi connectivity index (χ1n) is 6.56. The number of benzene rings is 1. The van der Waals surface area contributed by atoms with Crippen molar-refractivity contribution in [1.29, 1.82) is 0 Å². The van der Waals surface area contributed by atoms with E-state index in [0.29, 0.717) is 12.2 Å². The number of carboxylic acids is 1. The van der Waals surface area contributed by atoms with Crippen LogP contribution in [0.4, 0.5) is 10.5 Å². The molecule has 1 aromatic rings. The number of carboxylic acid groups (broad SMARTS) is 1. The Morgan fingerprint density at radius 1 is 1.30 bits per heavy atom. The maximum Gasteiger partial charge on any atom is 0.328 e. The van der Waals surface area contributed by atoms with E-state index in [1.54, 1.807) is 12.1 Å². The molecule has 0 saturated carbocycles. The number of aliphatic hydroxyl groups excluding tert-OH is 1. The number of rotatable bonds is 7. The van der Waals surface area contributed by atoms with Gasteiger partial charge in [-0.25, -0.2) is 9.59 Å². The molecular weight excluding hydrogens is 260 g/mol. The van der Waals surface area contributed by atoms with Gasteiger partial charge in [0, 0.05) is 12.2 Å². The number of unbranched alkanes of at least 4 members (excludes halogenated alkanes) is 1. The van der Waals surface area contributed by atoms with Crippen molar-refractivity contribution in [1.82, 2.24) is 5.32 Å². The molecule has 0 saturated heterocycles. The highest BCUT2D eigenvalue weighted by atomic mass is 16.4. The second-order valence-electron chi connectivity index (χ2n) is 4.36. The van der Waals surface area contributed by atoms with Crippen molar-refractivity contribution in [2.45, 2.75) is 25.8 Å². The monoisotopic (exact) mass is 280 g/mol. The van der Waals surface area contributed by atoms with E-state index < -0.39 is 24.6 Å². The van der Waals surface area contributed by atoms with Gasteiger partial charge in [0.25, 0.3) is 0 Å². The molecule has 6 heteroatoms. The van der Waals surface area contributed by atoms with Crippen molar-refractivity contribution in [3.05, 3.63) is 30.3 Å². The summed E-state index contributed by atoms with van der Waals surface area (Å²) in [6.07, 6.45) is 1.72. The average molecular weight is 280 g/mol. The first-order valence-corrected chi connectivity index (χ1v) is 6.56. The Morgan fingerprint density at radius 2 is 1.95 bits per heavy atom. The first kappa shape index (κ1) is 16.0. The van der Waals surface area contributed by atoms with Crippen LogP contribution in [0.3, 0.4) is 0 Å². The zero-order valence-corrected chi connectivity index (χ0v) is 11.5. The zero-order chi connectivity index (χ0) is 15.0.